The molecule has 0 aliphatic heterocycles. The fourth-order valence-electron chi connectivity index (χ4n) is 8.50. The van der Waals surface area contributed by atoms with Crippen LogP contribution in [-0.2, 0) is 0 Å². The molecule has 58 heavy (non-hydrogen) atoms. The molecule has 270 valence electrons. The largest absolute Gasteiger partial charge is 0.456 e. The zero-order valence-corrected chi connectivity index (χ0v) is 30.6. The highest BCUT2D eigenvalue weighted by molar-refractivity contribution is 6.16. The first-order valence-corrected chi connectivity index (χ1v) is 19.1. The summed E-state index contributed by atoms with van der Waals surface area (Å²) in [7, 11) is 0. The van der Waals surface area contributed by atoms with E-state index in [9.17, 15) is 0 Å². The van der Waals surface area contributed by atoms with Crippen LogP contribution in [0.15, 0.2) is 181 Å². The minimum Gasteiger partial charge on any atom is -0.456 e. The SMILES string of the molecule is c1ccc(-c2cccc(-c3nc(-c4ccc5c(c4)oc4cc6oc7ccccc7c6cc45)nc(-c4ccc5c(c4)oc4cc6oc7ccccc7c6cc45)n3)c2)cc1. The number of para-hydroxylation sites is 2. The molecule has 13 rings (SSSR count). The monoisotopic (exact) mass is 745 g/mol. The number of aromatic nitrogens is 3. The van der Waals surface area contributed by atoms with E-state index in [1.807, 2.05) is 91.0 Å². The van der Waals surface area contributed by atoms with Gasteiger partial charge in [-0.05, 0) is 65.7 Å². The first-order chi connectivity index (χ1) is 28.7. The van der Waals surface area contributed by atoms with E-state index < -0.39 is 0 Å². The second kappa shape index (κ2) is 11.7. The molecule has 5 aromatic heterocycles. The molecule has 0 N–H and O–H groups in total. The van der Waals surface area contributed by atoms with Crippen LogP contribution in [0, 0.1) is 0 Å². The number of furan rings is 4. The van der Waals surface area contributed by atoms with E-state index in [1.54, 1.807) is 0 Å². The summed E-state index contributed by atoms with van der Waals surface area (Å²) in [4.78, 5) is 15.3. The molecule has 13 aromatic rings. The van der Waals surface area contributed by atoms with Crippen LogP contribution in [0.2, 0.25) is 0 Å². The minimum absolute atomic E-state index is 0.532. The second-order valence-electron chi connectivity index (χ2n) is 14.8. The van der Waals surface area contributed by atoms with Crippen LogP contribution in [0.5, 0.6) is 0 Å². The van der Waals surface area contributed by atoms with Crippen molar-refractivity contribution in [1.29, 1.82) is 0 Å². The third kappa shape index (κ3) is 4.71. The Morgan fingerprint density at radius 3 is 1.12 bits per heavy atom. The van der Waals surface area contributed by atoms with Crippen molar-refractivity contribution in [3.8, 4) is 45.3 Å². The molecule has 0 atom stereocenters. The van der Waals surface area contributed by atoms with Crippen LogP contribution >= 0.6 is 0 Å². The van der Waals surface area contributed by atoms with Crippen LogP contribution in [-0.4, -0.2) is 15.0 Å². The van der Waals surface area contributed by atoms with Gasteiger partial charge in [-0.2, -0.15) is 0 Å². The third-order valence-corrected chi connectivity index (χ3v) is 11.3. The maximum absolute atomic E-state index is 6.49. The van der Waals surface area contributed by atoms with Gasteiger partial charge < -0.3 is 17.7 Å². The summed E-state index contributed by atoms with van der Waals surface area (Å²) in [5.41, 5.74) is 11.0. The van der Waals surface area contributed by atoms with Gasteiger partial charge in [0, 0.05) is 71.9 Å². The van der Waals surface area contributed by atoms with Crippen molar-refractivity contribution in [3.05, 3.63) is 164 Å². The predicted octanol–water partition coefficient (Wildman–Crippen LogP) is 14.1. The summed E-state index contributed by atoms with van der Waals surface area (Å²) in [5.74, 6) is 1.63. The number of benzene rings is 8. The molecule has 7 nitrogen and oxygen atoms in total. The summed E-state index contributed by atoms with van der Waals surface area (Å²) in [5, 5.41) is 8.34. The first-order valence-electron chi connectivity index (χ1n) is 19.1. The van der Waals surface area contributed by atoms with E-state index in [0.29, 0.717) is 17.5 Å². The molecule has 0 aliphatic carbocycles. The Morgan fingerprint density at radius 2 is 0.603 bits per heavy atom. The van der Waals surface area contributed by atoms with E-state index >= 15 is 0 Å². The summed E-state index contributed by atoms with van der Waals surface area (Å²) >= 11 is 0. The fraction of sp³-hybridized carbons (Fsp3) is 0. The summed E-state index contributed by atoms with van der Waals surface area (Å²) < 4.78 is 25.3. The van der Waals surface area contributed by atoms with Crippen molar-refractivity contribution in [2.24, 2.45) is 0 Å². The molecule has 0 spiro atoms. The van der Waals surface area contributed by atoms with Crippen LogP contribution in [0.4, 0.5) is 0 Å². The maximum atomic E-state index is 6.49. The van der Waals surface area contributed by atoms with Crippen molar-refractivity contribution >= 4 is 87.8 Å². The molecule has 5 heterocycles. The lowest BCUT2D eigenvalue weighted by atomic mass is 10.0. The van der Waals surface area contributed by atoms with Crippen molar-refractivity contribution in [2.75, 3.05) is 0 Å². The molecule has 0 aliphatic rings. The molecule has 0 bridgehead atoms. The molecule has 0 saturated heterocycles. The molecular formula is C51H27N3O4. The normalized spacial score (nSPS) is 12.1. The average Bonchev–Trinajstić information content (AvgIpc) is 4.03. The Labute approximate surface area is 328 Å². The Balaban J connectivity index is 0.974. The van der Waals surface area contributed by atoms with Gasteiger partial charge >= 0.3 is 0 Å². The van der Waals surface area contributed by atoms with Gasteiger partial charge in [0.2, 0.25) is 0 Å². The van der Waals surface area contributed by atoms with Crippen LogP contribution in [0.25, 0.3) is 133 Å². The highest BCUT2D eigenvalue weighted by atomic mass is 16.3. The molecule has 8 aromatic carbocycles. The quantitative estimate of drug-likeness (QED) is 0.177. The highest BCUT2D eigenvalue weighted by Crippen LogP contribution is 2.40. The van der Waals surface area contributed by atoms with Gasteiger partial charge in [0.1, 0.15) is 44.7 Å². The summed E-state index contributed by atoms with van der Waals surface area (Å²) in [6, 6.07) is 55.4. The van der Waals surface area contributed by atoms with Gasteiger partial charge in [0.05, 0.1) is 0 Å². The van der Waals surface area contributed by atoms with E-state index in [-0.39, 0.29) is 0 Å². The number of nitrogens with zero attached hydrogens (tertiary/aromatic N) is 3. The zero-order valence-electron chi connectivity index (χ0n) is 30.6. The summed E-state index contributed by atoms with van der Waals surface area (Å²) in [6.45, 7) is 0. The van der Waals surface area contributed by atoms with Crippen molar-refractivity contribution in [1.82, 2.24) is 15.0 Å². The molecule has 0 unspecified atom stereocenters. The first kappa shape index (κ1) is 31.2. The Kier molecular flexibility index (Phi) is 6.32. The van der Waals surface area contributed by atoms with E-state index in [2.05, 4.69) is 72.8 Å². The smallest absolute Gasteiger partial charge is 0.164 e. The standard InChI is InChI=1S/C51H27N3O4/c1-2-9-28(10-3-1)29-11-8-12-30(21-29)49-52-50(31-17-19-35-39-24-37-33-13-4-6-15-41(33)55-45(37)26-47(39)57-43(35)22-31)54-51(53-49)32-18-20-36-40-25-38-34-14-5-7-16-42(34)56-46(38)27-48(40)58-44(36)23-32/h1-27H. The Morgan fingerprint density at radius 1 is 0.224 bits per heavy atom. The van der Waals surface area contributed by atoms with E-state index in [0.717, 1.165) is 116 Å². The summed E-state index contributed by atoms with van der Waals surface area (Å²) in [6.07, 6.45) is 0. The van der Waals surface area contributed by atoms with Crippen LogP contribution < -0.4 is 0 Å². The maximum Gasteiger partial charge on any atom is 0.164 e. The van der Waals surface area contributed by atoms with Gasteiger partial charge in [0.25, 0.3) is 0 Å². The number of fused-ring (bicyclic) bond motifs is 12. The number of rotatable bonds is 4. The van der Waals surface area contributed by atoms with Gasteiger partial charge in [-0.1, -0.05) is 97.1 Å². The fourth-order valence-corrected chi connectivity index (χ4v) is 8.50. The lowest BCUT2D eigenvalue weighted by molar-refractivity contribution is 0.655. The van der Waals surface area contributed by atoms with Crippen LogP contribution in [0.1, 0.15) is 0 Å². The Bertz CT molecular complexity index is 3610. The molecule has 0 amide bonds. The lowest BCUT2D eigenvalue weighted by Crippen LogP contribution is -2.00. The van der Waals surface area contributed by atoms with Crippen molar-refractivity contribution in [3.63, 3.8) is 0 Å². The number of hydrogen-bond acceptors (Lipinski definition) is 7. The van der Waals surface area contributed by atoms with Crippen molar-refractivity contribution < 1.29 is 17.7 Å². The van der Waals surface area contributed by atoms with Gasteiger partial charge in [0.15, 0.2) is 17.5 Å². The molecule has 0 radical (unpaired) electrons. The van der Waals surface area contributed by atoms with Crippen molar-refractivity contribution in [2.45, 2.75) is 0 Å². The van der Waals surface area contributed by atoms with Gasteiger partial charge in [-0.3, -0.25) is 0 Å². The topological polar surface area (TPSA) is 91.2 Å². The van der Waals surface area contributed by atoms with Gasteiger partial charge in [-0.25, -0.2) is 15.0 Å². The molecular weight excluding hydrogens is 719 g/mol. The second-order valence-corrected chi connectivity index (χ2v) is 14.8. The van der Waals surface area contributed by atoms with E-state index in [4.69, 9.17) is 32.6 Å². The molecule has 7 heteroatoms. The lowest BCUT2D eigenvalue weighted by Gasteiger charge is -2.10. The predicted molar refractivity (Wildman–Crippen MR) is 231 cm³/mol. The molecule has 0 fully saturated rings. The van der Waals surface area contributed by atoms with Crippen LogP contribution in [0.3, 0.4) is 0 Å². The zero-order chi connectivity index (χ0) is 37.9. The van der Waals surface area contributed by atoms with Gasteiger partial charge in [-0.15, -0.1) is 0 Å². The Hall–Kier alpha value is -8.03. The molecule has 0 saturated carbocycles. The highest BCUT2D eigenvalue weighted by Gasteiger charge is 2.19. The average molecular weight is 746 g/mol. The minimum atomic E-state index is 0.532. The van der Waals surface area contributed by atoms with E-state index in [1.165, 1.54) is 0 Å². The number of hydrogen-bond donors (Lipinski definition) is 0. The third-order valence-electron chi connectivity index (χ3n) is 11.3.